The lowest BCUT2D eigenvalue weighted by atomic mass is 9.68. The van der Waals surface area contributed by atoms with E-state index in [1.165, 1.54) is 6.92 Å². The van der Waals surface area contributed by atoms with Crippen molar-refractivity contribution < 1.29 is 24.2 Å². The molecule has 5 heteroatoms. The van der Waals surface area contributed by atoms with Gasteiger partial charge in [0, 0.05) is 18.3 Å². The number of rotatable bonds is 2. The Morgan fingerprint density at radius 3 is 2.82 bits per heavy atom. The molecule has 0 aromatic heterocycles. The first-order valence-corrected chi connectivity index (χ1v) is 8.37. The van der Waals surface area contributed by atoms with Gasteiger partial charge in [0.05, 0.1) is 18.6 Å². The Kier molecular flexibility index (Phi) is 3.96. The van der Waals surface area contributed by atoms with Crippen LogP contribution in [0.25, 0.3) is 0 Å². The molecule has 3 aliphatic rings. The van der Waals surface area contributed by atoms with E-state index in [-0.39, 0.29) is 36.5 Å². The standard InChI is InChI=1S/C17H26O5/c1-9-6-14-12(10(2)16(20)22-14)7-17(8-21-11(3)18)13(9)4-5-15(17)19/h9-10,12-15,19H,4-8H2,1-3H3. The lowest BCUT2D eigenvalue weighted by Gasteiger charge is -2.40. The minimum Gasteiger partial charge on any atom is -0.465 e. The zero-order valence-corrected chi connectivity index (χ0v) is 13.6. The minimum atomic E-state index is -0.471. The van der Waals surface area contributed by atoms with Crippen molar-refractivity contribution >= 4 is 11.9 Å². The first-order chi connectivity index (χ1) is 10.3. The Balaban J connectivity index is 1.93. The van der Waals surface area contributed by atoms with Crippen LogP contribution < -0.4 is 0 Å². The molecule has 1 saturated heterocycles. The van der Waals surface area contributed by atoms with Crippen LogP contribution in [0.1, 0.15) is 46.5 Å². The molecule has 1 N–H and O–H groups in total. The SMILES string of the molecule is CC(=O)OCC12CC3C(CC(C)C1CCC2O)OC(=O)C3C. The van der Waals surface area contributed by atoms with E-state index in [1.807, 2.05) is 6.92 Å². The van der Waals surface area contributed by atoms with Gasteiger partial charge in [0.25, 0.3) is 0 Å². The third-order valence-corrected chi connectivity index (χ3v) is 6.36. The second-order valence-corrected chi connectivity index (χ2v) is 7.56. The van der Waals surface area contributed by atoms with E-state index in [1.54, 1.807) is 0 Å². The maximum Gasteiger partial charge on any atom is 0.309 e. The van der Waals surface area contributed by atoms with Crippen LogP contribution in [0.2, 0.25) is 0 Å². The van der Waals surface area contributed by atoms with Crippen LogP contribution in [-0.4, -0.2) is 35.9 Å². The topological polar surface area (TPSA) is 72.8 Å². The third-order valence-electron chi connectivity index (χ3n) is 6.36. The highest BCUT2D eigenvalue weighted by atomic mass is 16.6. The first kappa shape index (κ1) is 15.8. The molecule has 0 aromatic carbocycles. The molecule has 1 aliphatic heterocycles. The number of esters is 2. The van der Waals surface area contributed by atoms with Gasteiger partial charge in [0.15, 0.2) is 0 Å². The van der Waals surface area contributed by atoms with E-state index in [0.717, 1.165) is 19.3 Å². The van der Waals surface area contributed by atoms with Gasteiger partial charge in [-0.25, -0.2) is 0 Å². The van der Waals surface area contributed by atoms with Gasteiger partial charge in [-0.3, -0.25) is 9.59 Å². The second kappa shape index (κ2) is 5.52. The van der Waals surface area contributed by atoms with Crippen LogP contribution in [0.5, 0.6) is 0 Å². The van der Waals surface area contributed by atoms with Gasteiger partial charge >= 0.3 is 11.9 Å². The number of ether oxygens (including phenoxy) is 2. The molecule has 5 nitrogen and oxygen atoms in total. The fourth-order valence-corrected chi connectivity index (χ4v) is 5.14. The summed E-state index contributed by atoms with van der Waals surface area (Å²) in [4.78, 5) is 23.2. The van der Waals surface area contributed by atoms with Gasteiger partial charge in [0.2, 0.25) is 0 Å². The van der Waals surface area contributed by atoms with Gasteiger partial charge in [-0.2, -0.15) is 0 Å². The molecule has 0 bridgehead atoms. The summed E-state index contributed by atoms with van der Waals surface area (Å²) in [5.41, 5.74) is -0.424. The highest BCUT2D eigenvalue weighted by Crippen LogP contribution is 2.57. The molecule has 22 heavy (non-hydrogen) atoms. The number of carbonyl (C=O) groups is 2. The average molecular weight is 310 g/mol. The van der Waals surface area contributed by atoms with Crippen molar-refractivity contribution in [2.24, 2.45) is 29.1 Å². The van der Waals surface area contributed by atoms with Crippen LogP contribution in [0.3, 0.4) is 0 Å². The van der Waals surface area contributed by atoms with Crippen molar-refractivity contribution in [2.75, 3.05) is 6.61 Å². The maximum atomic E-state index is 11.9. The van der Waals surface area contributed by atoms with Crippen molar-refractivity contribution in [1.82, 2.24) is 0 Å². The highest BCUT2D eigenvalue weighted by molar-refractivity contribution is 5.74. The summed E-state index contributed by atoms with van der Waals surface area (Å²) >= 11 is 0. The van der Waals surface area contributed by atoms with Gasteiger partial charge in [-0.15, -0.1) is 0 Å². The molecule has 0 radical (unpaired) electrons. The Bertz CT molecular complexity index is 476. The minimum absolute atomic E-state index is 0.0514. The monoisotopic (exact) mass is 310 g/mol. The molecular formula is C17H26O5. The molecule has 2 aliphatic carbocycles. The Labute approximate surface area is 131 Å². The predicted molar refractivity (Wildman–Crippen MR) is 78.7 cm³/mol. The molecule has 2 saturated carbocycles. The summed E-state index contributed by atoms with van der Waals surface area (Å²) < 4.78 is 10.9. The number of aliphatic hydroxyl groups excluding tert-OH is 1. The molecule has 0 amide bonds. The Morgan fingerprint density at radius 1 is 1.41 bits per heavy atom. The Hall–Kier alpha value is -1.10. The van der Waals surface area contributed by atoms with Gasteiger partial charge in [0.1, 0.15) is 6.10 Å². The molecule has 0 aromatic rings. The van der Waals surface area contributed by atoms with Crippen LogP contribution in [0.15, 0.2) is 0 Å². The van der Waals surface area contributed by atoms with E-state index in [4.69, 9.17) is 9.47 Å². The van der Waals surface area contributed by atoms with Gasteiger partial charge < -0.3 is 14.6 Å². The highest BCUT2D eigenvalue weighted by Gasteiger charge is 2.59. The van der Waals surface area contributed by atoms with E-state index < -0.39 is 11.5 Å². The van der Waals surface area contributed by atoms with Crippen molar-refractivity contribution in [2.45, 2.75) is 58.7 Å². The van der Waals surface area contributed by atoms with Gasteiger partial charge in [-0.1, -0.05) is 13.8 Å². The fourth-order valence-electron chi connectivity index (χ4n) is 5.14. The second-order valence-electron chi connectivity index (χ2n) is 7.56. The number of hydrogen-bond donors (Lipinski definition) is 1. The lowest BCUT2D eigenvalue weighted by molar-refractivity contribution is -0.151. The molecule has 124 valence electrons. The summed E-state index contributed by atoms with van der Waals surface area (Å²) in [6, 6.07) is 0. The van der Waals surface area contributed by atoms with Crippen LogP contribution in [0, 0.1) is 29.1 Å². The summed E-state index contributed by atoms with van der Waals surface area (Å²) in [6.07, 6.45) is 2.72. The van der Waals surface area contributed by atoms with E-state index in [2.05, 4.69) is 6.92 Å². The summed E-state index contributed by atoms with van der Waals surface area (Å²) in [6.45, 7) is 5.74. The molecule has 0 spiro atoms. The molecule has 7 atom stereocenters. The van der Waals surface area contributed by atoms with Crippen molar-refractivity contribution in [3.63, 3.8) is 0 Å². The zero-order valence-electron chi connectivity index (χ0n) is 13.6. The van der Waals surface area contributed by atoms with E-state index in [0.29, 0.717) is 18.3 Å². The van der Waals surface area contributed by atoms with Crippen LogP contribution in [0.4, 0.5) is 0 Å². The third kappa shape index (κ3) is 2.34. The largest absolute Gasteiger partial charge is 0.465 e. The molecule has 3 fully saturated rings. The van der Waals surface area contributed by atoms with Crippen molar-refractivity contribution in [3.8, 4) is 0 Å². The molecule has 1 heterocycles. The quantitative estimate of drug-likeness (QED) is 0.789. The molecule has 3 rings (SSSR count). The fraction of sp³-hybridized carbons (Fsp3) is 0.882. The van der Waals surface area contributed by atoms with Crippen LogP contribution in [-0.2, 0) is 19.1 Å². The number of carbonyl (C=O) groups excluding carboxylic acids is 2. The average Bonchev–Trinajstić information content (AvgIpc) is 2.85. The number of hydrogen-bond acceptors (Lipinski definition) is 5. The smallest absolute Gasteiger partial charge is 0.309 e. The van der Waals surface area contributed by atoms with Crippen molar-refractivity contribution in [1.29, 1.82) is 0 Å². The van der Waals surface area contributed by atoms with Crippen molar-refractivity contribution in [3.05, 3.63) is 0 Å². The summed E-state index contributed by atoms with van der Waals surface area (Å²) in [5.74, 6) is 0.198. The van der Waals surface area contributed by atoms with Gasteiger partial charge in [-0.05, 0) is 37.5 Å². The van der Waals surface area contributed by atoms with E-state index >= 15 is 0 Å². The summed E-state index contributed by atoms with van der Waals surface area (Å²) in [5, 5.41) is 10.7. The number of aliphatic hydroxyl groups is 1. The summed E-state index contributed by atoms with van der Waals surface area (Å²) in [7, 11) is 0. The lowest BCUT2D eigenvalue weighted by Crippen LogP contribution is -2.43. The molecular weight excluding hydrogens is 284 g/mol. The van der Waals surface area contributed by atoms with E-state index in [9.17, 15) is 14.7 Å². The zero-order chi connectivity index (χ0) is 16.1. The first-order valence-electron chi connectivity index (χ1n) is 8.37. The predicted octanol–water partition coefficient (Wildman–Crippen LogP) is 1.91. The Morgan fingerprint density at radius 2 is 2.14 bits per heavy atom. The normalized spacial score (nSPS) is 47.4. The number of fused-ring (bicyclic) bond motifs is 2. The molecule has 7 unspecified atom stereocenters. The van der Waals surface area contributed by atoms with Crippen LogP contribution >= 0.6 is 0 Å². The maximum absolute atomic E-state index is 11.9.